The summed E-state index contributed by atoms with van der Waals surface area (Å²) in [5, 5.41) is 37.9. The van der Waals surface area contributed by atoms with Crippen molar-refractivity contribution in [3.63, 3.8) is 0 Å². The van der Waals surface area contributed by atoms with E-state index in [0.29, 0.717) is 10.5 Å². The highest BCUT2D eigenvalue weighted by atomic mass is 32.1. The van der Waals surface area contributed by atoms with Crippen LogP contribution in [0.15, 0.2) is 22.7 Å². The minimum absolute atomic E-state index is 0.129. The zero-order valence-electron chi connectivity index (χ0n) is 11.3. The maximum atomic E-state index is 12.6. The second-order valence-electron chi connectivity index (χ2n) is 5.20. The molecule has 0 bridgehead atoms. The molecule has 0 saturated heterocycles. The van der Waals surface area contributed by atoms with E-state index in [1.807, 2.05) is 17.5 Å². The van der Waals surface area contributed by atoms with Crippen LogP contribution < -0.4 is 0 Å². The molecule has 0 fully saturated rings. The molecular formula is C12H17N3O3S. The van der Waals surface area contributed by atoms with Crippen LogP contribution in [-0.2, 0) is 0 Å². The van der Waals surface area contributed by atoms with Crippen LogP contribution in [0.3, 0.4) is 0 Å². The fraction of sp³-hybridized carbons (Fsp3) is 0.500. The van der Waals surface area contributed by atoms with E-state index in [1.54, 1.807) is 13.8 Å². The summed E-state index contributed by atoms with van der Waals surface area (Å²) in [4.78, 5) is 0.786. The molecular weight excluding hydrogens is 266 g/mol. The second-order valence-corrected chi connectivity index (χ2v) is 6.15. The van der Waals surface area contributed by atoms with Crippen LogP contribution in [0, 0.1) is 5.21 Å². The van der Waals surface area contributed by atoms with Crippen LogP contribution in [0.1, 0.15) is 32.6 Å². The lowest BCUT2D eigenvalue weighted by molar-refractivity contribution is -0.560. The van der Waals surface area contributed by atoms with E-state index in [2.05, 4.69) is 5.16 Å². The fourth-order valence-electron chi connectivity index (χ4n) is 2.41. The predicted octanol–water partition coefficient (Wildman–Crippen LogP) is 2.10. The quantitative estimate of drug-likeness (QED) is 0.286. The van der Waals surface area contributed by atoms with Crippen LogP contribution in [0.25, 0.3) is 0 Å². The van der Waals surface area contributed by atoms with Gasteiger partial charge in [0.15, 0.2) is 0 Å². The molecule has 2 N–H and O–H groups in total. The Balaban J connectivity index is 2.70. The van der Waals surface area contributed by atoms with Crippen molar-refractivity contribution in [3.05, 3.63) is 27.6 Å². The van der Waals surface area contributed by atoms with Gasteiger partial charge in [-0.25, -0.2) is 0 Å². The van der Waals surface area contributed by atoms with E-state index in [1.165, 1.54) is 25.2 Å². The molecule has 2 heterocycles. The number of hydrogen-bond acceptors (Lipinski definition) is 6. The third kappa shape index (κ3) is 1.69. The van der Waals surface area contributed by atoms with Crippen molar-refractivity contribution in [2.45, 2.75) is 38.9 Å². The lowest BCUT2D eigenvalue weighted by atomic mass is 9.97. The fourth-order valence-corrected chi connectivity index (χ4v) is 3.31. The Morgan fingerprint density at radius 2 is 2.11 bits per heavy atom. The molecule has 1 aliphatic rings. The number of hydrogen-bond donors (Lipinski definition) is 2. The van der Waals surface area contributed by atoms with E-state index < -0.39 is 11.2 Å². The molecule has 1 atom stereocenters. The van der Waals surface area contributed by atoms with Crippen molar-refractivity contribution in [1.29, 1.82) is 0 Å². The van der Waals surface area contributed by atoms with Crippen molar-refractivity contribution >= 4 is 22.8 Å². The topological polar surface area (TPSA) is 82.1 Å². The lowest BCUT2D eigenvalue weighted by Gasteiger charge is -2.31. The molecule has 0 amide bonds. The number of hydroxylamine groups is 3. The van der Waals surface area contributed by atoms with E-state index in [9.17, 15) is 10.4 Å². The largest absolute Gasteiger partial charge is 0.622 e. The minimum Gasteiger partial charge on any atom is -0.622 e. The van der Waals surface area contributed by atoms with Gasteiger partial charge < -0.3 is 15.6 Å². The van der Waals surface area contributed by atoms with E-state index >= 15 is 0 Å². The maximum Gasteiger partial charge on any atom is 0.290 e. The Morgan fingerprint density at radius 1 is 1.47 bits per heavy atom. The molecule has 19 heavy (non-hydrogen) atoms. The molecule has 0 aliphatic carbocycles. The summed E-state index contributed by atoms with van der Waals surface area (Å²) in [6.45, 7) is 6.53. The molecule has 7 heteroatoms. The zero-order chi connectivity index (χ0) is 14.4. The van der Waals surface area contributed by atoms with Gasteiger partial charge in [0.05, 0.1) is 4.88 Å². The van der Waals surface area contributed by atoms with Gasteiger partial charge in [-0.1, -0.05) is 11.2 Å². The number of rotatable bonds is 2. The van der Waals surface area contributed by atoms with Gasteiger partial charge >= 0.3 is 0 Å². The Labute approximate surface area is 115 Å². The second kappa shape index (κ2) is 4.29. The van der Waals surface area contributed by atoms with Crippen LogP contribution in [-0.4, -0.2) is 42.8 Å². The number of oxime groups is 1. The third-order valence-corrected chi connectivity index (χ3v) is 4.59. The summed E-state index contributed by atoms with van der Waals surface area (Å²) in [5.74, 6) is 0. The van der Waals surface area contributed by atoms with Crippen LogP contribution in [0.4, 0.5) is 0 Å². The standard InChI is InChI=1S/C12H17N3O3S/c1-8(13-16)12(4)14(17)10(9-6-5-7-19-9)11(2,3)15(12)18/h5-7,16,18H,1-4H3/b13-8-/t12-/m0/s1. The molecule has 0 saturated carbocycles. The van der Waals surface area contributed by atoms with Gasteiger partial charge in [-0.05, 0) is 32.2 Å². The molecule has 104 valence electrons. The van der Waals surface area contributed by atoms with Crippen molar-refractivity contribution in [2.24, 2.45) is 5.16 Å². The monoisotopic (exact) mass is 283 g/mol. The smallest absolute Gasteiger partial charge is 0.290 e. The average molecular weight is 283 g/mol. The SMILES string of the molecule is C/C(=N/O)[C@]1(C)N(O)C(C)(C)C(c2cccs2)=[N+]1[O-]. The first-order valence-electron chi connectivity index (χ1n) is 5.85. The highest BCUT2D eigenvalue weighted by molar-refractivity contribution is 7.12. The minimum atomic E-state index is -1.42. The normalized spacial score (nSPS) is 28.2. The van der Waals surface area contributed by atoms with Crippen molar-refractivity contribution < 1.29 is 15.2 Å². The zero-order valence-corrected chi connectivity index (χ0v) is 12.1. The summed E-state index contributed by atoms with van der Waals surface area (Å²) in [6, 6.07) is 3.68. The molecule has 0 unspecified atom stereocenters. The first-order chi connectivity index (χ1) is 8.77. The van der Waals surface area contributed by atoms with E-state index in [0.717, 1.165) is 9.94 Å². The molecule has 0 spiro atoms. The lowest BCUT2D eigenvalue weighted by Crippen LogP contribution is -2.57. The summed E-state index contributed by atoms with van der Waals surface area (Å²) in [6.07, 6.45) is 0. The summed E-state index contributed by atoms with van der Waals surface area (Å²) < 4.78 is 0.716. The molecule has 0 aromatic carbocycles. The van der Waals surface area contributed by atoms with Crippen molar-refractivity contribution in [3.8, 4) is 0 Å². The highest BCUT2D eigenvalue weighted by Gasteiger charge is 2.61. The molecule has 1 aliphatic heterocycles. The summed E-state index contributed by atoms with van der Waals surface area (Å²) in [7, 11) is 0. The molecule has 1 aromatic rings. The van der Waals surface area contributed by atoms with Crippen LogP contribution in [0.5, 0.6) is 0 Å². The van der Waals surface area contributed by atoms with Gasteiger partial charge in [-0.2, -0.15) is 4.74 Å². The highest BCUT2D eigenvalue weighted by Crippen LogP contribution is 2.37. The molecule has 1 aromatic heterocycles. The Morgan fingerprint density at radius 3 is 2.58 bits per heavy atom. The van der Waals surface area contributed by atoms with Crippen molar-refractivity contribution in [2.75, 3.05) is 0 Å². The first kappa shape index (κ1) is 14.0. The number of nitrogens with zero attached hydrogens (tertiary/aromatic N) is 3. The Bertz CT molecular complexity index is 551. The predicted molar refractivity (Wildman–Crippen MR) is 73.1 cm³/mol. The van der Waals surface area contributed by atoms with Crippen LogP contribution in [0.2, 0.25) is 0 Å². The summed E-state index contributed by atoms with van der Waals surface area (Å²) >= 11 is 1.43. The Hall–Kier alpha value is -1.44. The van der Waals surface area contributed by atoms with E-state index in [-0.39, 0.29) is 5.71 Å². The summed E-state index contributed by atoms with van der Waals surface area (Å²) in [5.41, 5.74) is -1.72. The van der Waals surface area contributed by atoms with E-state index in [4.69, 9.17) is 5.21 Å². The van der Waals surface area contributed by atoms with Gasteiger partial charge in [0.25, 0.3) is 5.66 Å². The van der Waals surface area contributed by atoms with Gasteiger partial charge in [-0.3, -0.25) is 0 Å². The van der Waals surface area contributed by atoms with Crippen molar-refractivity contribution in [1.82, 2.24) is 5.06 Å². The average Bonchev–Trinajstić information content (AvgIpc) is 2.92. The van der Waals surface area contributed by atoms with Gasteiger partial charge in [0, 0.05) is 6.92 Å². The van der Waals surface area contributed by atoms with Gasteiger partial charge in [0.1, 0.15) is 11.3 Å². The van der Waals surface area contributed by atoms with Crippen LogP contribution >= 0.6 is 11.3 Å². The van der Waals surface area contributed by atoms with Gasteiger partial charge in [-0.15, -0.1) is 16.4 Å². The molecule has 0 radical (unpaired) electrons. The first-order valence-corrected chi connectivity index (χ1v) is 6.73. The molecule has 2 rings (SSSR count). The van der Waals surface area contributed by atoms with Gasteiger partial charge in [0.2, 0.25) is 5.71 Å². The third-order valence-electron chi connectivity index (χ3n) is 3.71. The number of thiophene rings is 1. The maximum absolute atomic E-state index is 12.6. The molecule has 6 nitrogen and oxygen atoms in total. The Kier molecular flexibility index (Phi) is 3.16.